The highest BCUT2D eigenvalue weighted by Crippen LogP contribution is 2.56. The monoisotopic (exact) mass is 656 g/mol. The SMILES string of the molecule is C[C@H]1c2ccc(NC(=O)CCC(=O)NCC3CCB(O)O3)c(O)c2C(O)=C2C(=O)[C@]3(O)C(O)=C(C(N)=O)C(=O)[C@@H](N(C)C)[C@@H]3[C@@H](O)[C@@H]21. The number of hydrogen-bond donors (Lipinski definition) is 9. The lowest BCUT2D eigenvalue weighted by atomic mass is 9.54. The highest BCUT2D eigenvalue weighted by atomic mass is 16.5. The van der Waals surface area contributed by atoms with Gasteiger partial charge in [0.2, 0.25) is 17.6 Å². The van der Waals surface area contributed by atoms with E-state index >= 15 is 0 Å². The van der Waals surface area contributed by atoms with Crippen molar-refractivity contribution in [2.75, 3.05) is 26.0 Å². The van der Waals surface area contributed by atoms with Crippen LogP contribution in [0.4, 0.5) is 5.69 Å². The molecule has 4 aliphatic rings. The van der Waals surface area contributed by atoms with Gasteiger partial charge < -0.3 is 51.6 Å². The molecule has 0 spiro atoms. The molecule has 1 aromatic carbocycles. The summed E-state index contributed by atoms with van der Waals surface area (Å²) in [6.45, 7) is 1.76. The number of primary amides is 1. The molecule has 16 nitrogen and oxygen atoms in total. The fourth-order valence-electron chi connectivity index (χ4n) is 7.31. The Labute approximate surface area is 269 Å². The number of rotatable bonds is 8. The fourth-order valence-corrected chi connectivity index (χ4v) is 7.31. The first-order valence-corrected chi connectivity index (χ1v) is 15.1. The molecular weight excluding hydrogens is 619 g/mol. The summed E-state index contributed by atoms with van der Waals surface area (Å²) in [5.41, 5.74) is 0.520. The number of aliphatic hydroxyl groups is 4. The van der Waals surface area contributed by atoms with Gasteiger partial charge in [-0.25, -0.2) is 0 Å². The quantitative estimate of drug-likeness (QED) is 0.0886. The predicted molar refractivity (Wildman–Crippen MR) is 163 cm³/mol. The standard InChI is InChI=1S/C30H37BN4O12/c1-11-13-4-5-14(34-16(37)7-6-15(36)33-10-12-8-9-31(46)47-12)23(38)18(13)24(39)19-17(11)25(40)21-22(35(2)3)26(41)20(29(32)44)28(43)30(21,45)27(19)42/h4-5,11-12,17,21-22,25,38-40,43,45-46H,6-10H2,1-3H3,(H2,32,44)(H,33,36)(H,34,37)/t11-,12?,17+,21+,22-,25-,30-/m0/s1. The van der Waals surface area contributed by atoms with Gasteiger partial charge in [-0.3, -0.25) is 28.9 Å². The molecule has 2 fully saturated rings. The number of amides is 3. The van der Waals surface area contributed by atoms with Crippen molar-refractivity contribution in [2.45, 2.75) is 62.3 Å². The largest absolute Gasteiger partial charge is 0.508 e. The van der Waals surface area contributed by atoms with Crippen LogP contribution in [-0.4, -0.2) is 116 Å². The van der Waals surface area contributed by atoms with E-state index in [2.05, 4.69) is 10.6 Å². The second kappa shape index (κ2) is 12.4. The van der Waals surface area contributed by atoms with E-state index in [0.717, 1.165) is 0 Å². The Morgan fingerprint density at radius 1 is 1.13 bits per heavy atom. The molecule has 1 saturated heterocycles. The van der Waals surface area contributed by atoms with Crippen molar-refractivity contribution in [3.8, 4) is 5.75 Å². The van der Waals surface area contributed by atoms with Gasteiger partial charge in [0.1, 0.15) is 22.8 Å². The summed E-state index contributed by atoms with van der Waals surface area (Å²) in [6.07, 6.45) is -1.50. The van der Waals surface area contributed by atoms with Crippen molar-refractivity contribution >= 4 is 47.9 Å². The van der Waals surface area contributed by atoms with Gasteiger partial charge in [0, 0.05) is 30.9 Å². The minimum Gasteiger partial charge on any atom is -0.508 e. The van der Waals surface area contributed by atoms with E-state index in [4.69, 9.17) is 10.4 Å². The van der Waals surface area contributed by atoms with Crippen molar-refractivity contribution in [1.29, 1.82) is 0 Å². The maximum absolute atomic E-state index is 14.1. The smallest absolute Gasteiger partial charge is 0.454 e. The minimum absolute atomic E-state index is 0.170. The number of ketones is 2. The Morgan fingerprint density at radius 2 is 1.79 bits per heavy atom. The van der Waals surface area contributed by atoms with Gasteiger partial charge in [-0.15, -0.1) is 0 Å². The molecule has 0 bridgehead atoms. The van der Waals surface area contributed by atoms with Gasteiger partial charge in [0.25, 0.3) is 5.91 Å². The lowest BCUT2D eigenvalue weighted by molar-refractivity contribution is -0.169. The van der Waals surface area contributed by atoms with E-state index in [1.54, 1.807) is 6.92 Å². The molecule has 1 aromatic rings. The summed E-state index contributed by atoms with van der Waals surface area (Å²) < 4.78 is 5.22. The van der Waals surface area contributed by atoms with E-state index in [1.807, 2.05) is 0 Å². The number of phenolic OH excluding ortho intramolecular Hbond substituents is 1. The summed E-state index contributed by atoms with van der Waals surface area (Å²) in [5, 5.41) is 71.6. The van der Waals surface area contributed by atoms with Gasteiger partial charge in [0.05, 0.1) is 35.4 Å². The number of aliphatic hydroxyl groups excluding tert-OH is 3. The number of carbonyl (C=O) groups excluding carboxylic acids is 5. The first kappa shape index (κ1) is 34.1. The second-order valence-corrected chi connectivity index (χ2v) is 12.6. The van der Waals surface area contributed by atoms with Crippen molar-refractivity contribution in [1.82, 2.24) is 10.2 Å². The average Bonchev–Trinajstić information content (AvgIpc) is 3.42. The van der Waals surface area contributed by atoms with Crippen LogP contribution in [0.5, 0.6) is 5.75 Å². The Kier molecular flexibility index (Phi) is 8.98. The zero-order valence-electron chi connectivity index (χ0n) is 25.9. The van der Waals surface area contributed by atoms with Crippen molar-refractivity contribution < 1.29 is 59.2 Å². The van der Waals surface area contributed by atoms with Gasteiger partial charge in [-0.05, 0) is 44.4 Å². The topological polar surface area (TPSA) is 269 Å². The highest BCUT2D eigenvalue weighted by molar-refractivity contribution is 6.43. The van der Waals surface area contributed by atoms with E-state index in [0.29, 0.717) is 12.7 Å². The number of likely N-dealkylation sites (N-methyl/N-ethyl adjacent to an activating group) is 1. The Hall–Kier alpha value is -4.29. The number of Topliss-reactive ketones (excluding diaryl/α,β-unsaturated/α-hetero) is 2. The van der Waals surface area contributed by atoms with Gasteiger partial charge in [-0.1, -0.05) is 13.0 Å². The third-order valence-corrected chi connectivity index (χ3v) is 9.59. The minimum atomic E-state index is -3.05. The maximum Gasteiger partial charge on any atom is 0.454 e. The van der Waals surface area contributed by atoms with Crippen LogP contribution in [-0.2, 0) is 28.6 Å². The number of benzene rings is 1. The van der Waals surface area contributed by atoms with E-state index in [1.165, 1.54) is 31.1 Å². The molecule has 0 radical (unpaired) electrons. The lowest BCUT2D eigenvalue weighted by Gasteiger charge is -2.53. The first-order valence-electron chi connectivity index (χ1n) is 15.1. The van der Waals surface area contributed by atoms with E-state index in [9.17, 15) is 54.5 Å². The Bertz CT molecular complexity index is 1630. The third kappa shape index (κ3) is 5.47. The molecule has 252 valence electrons. The molecule has 17 heteroatoms. The number of carbonyl (C=O) groups is 5. The summed E-state index contributed by atoms with van der Waals surface area (Å²) in [7, 11) is 1.97. The summed E-state index contributed by atoms with van der Waals surface area (Å²) >= 11 is 0. The zero-order valence-corrected chi connectivity index (χ0v) is 25.9. The van der Waals surface area contributed by atoms with Gasteiger partial charge in [-0.2, -0.15) is 0 Å². The Morgan fingerprint density at radius 3 is 2.38 bits per heavy atom. The Balaban J connectivity index is 1.44. The van der Waals surface area contributed by atoms with Crippen LogP contribution in [0.3, 0.4) is 0 Å². The van der Waals surface area contributed by atoms with Crippen LogP contribution in [0.15, 0.2) is 29.0 Å². The molecule has 1 saturated carbocycles. The molecule has 1 unspecified atom stereocenters. The number of nitrogens with zero attached hydrogens (tertiary/aromatic N) is 1. The molecule has 47 heavy (non-hydrogen) atoms. The summed E-state index contributed by atoms with van der Waals surface area (Å²) in [5.74, 6) is -11.4. The van der Waals surface area contributed by atoms with Crippen LogP contribution in [0, 0.1) is 11.8 Å². The van der Waals surface area contributed by atoms with Crippen LogP contribution >= 0.6 is 0 Å². The third-order valence-electron chi connectivity index (χ3n) is 9.59. The molecule has 5 rings (SSSR count). The number of aromatic hydroxyl groups is 1. The predicted octanol–water partition coefficient (Wildman–Crippen LogP) is -1.40. The van der Waals surface area contributed by atoms with E-state index < -0.39 is 100 Å². The van der Waals surface area contributed by atoms with Crippen LogP contribution in [0.2, 0.25) is 6.32 Å². The molecule has 0 aromatic heterocycles. The molecule has 1 aliphatic heterocycles. The normalized spacial score (nSPS) is 30.2. The average molecular weight is 656 g/mol. The fraction of sp³-hybridized carbons (Fsp3) is 0.500. The molecule has 3 amide bonds. The lowest BCUT2D eigenvalue weighted by Crippen LogP contribution is -2.70. The zero-order chi connectivity index (χ0) is 34.7. The second-order valence-electron chi connectivity index (χ2n) is 12.6. The molecule has 10 N–H and O–H groups in total. The summed E-state index contributed by atoms with van der Waals surface area (Å²) in [6, 6.07) is 1.34. The van der Waals surface area contributed by atoms with E-state index in [-0.39, 0.29) is 42.3 Å². The molecule has 1 heterocycles. The maximum atomic E-state index is 14.1. The number of nitrogens with one attached hydrogen (secondary N) is 2. The van der Waals surface area contributed by atoms with Gasteiger partial charge >= 0.3 is 7.12 Å². The van der Waals surface area contributed by atoms with Crippen molar-refractivity contribution in [2.24, 2.45) is 17.6 Å². The molecular formula is C30H37BN4O12. The number of phenols is 1. The number of nitrogens with two attached hydrogens (primary N) is 1. The van der Waals surface area contributed by atoms with Crippen LogP contribution < -0.4 is 16.4 Å². The number of fused-ring (bicyclic) bond motifs is 3. The van der Waals surface area contributed by atoms with Crippen LogP contribution in [0.1, 0.15) is 43.2 Å². The molecule has 3 aliphatic carbocycles. The van der Waals surface area contributed by atoms with Crippen LogP contribution in [0.25, 0.3) is 5.76 Å². The van der Waals surface area contributed by atoms with Crippen molar-refractivity contribution in [3.63, 3.8) is 0 Å². The number of hydrogen-bond acceptors (Lipinski definition) is 13. The first-order chi connectivity index (χ1) is 22.0. The molecule has 7 atom stereocenters. The summed E-state index contributed by atoms with van der Waals surface area (Å²) in [4.78, 5) is 65.7. The van der Waals surface area contributed by atoms with Crippen molar-refractivity contribution in [3.05, 3.63) is 40.2 Å². The number of anilines is 1. The van der Waals surface area contributed by atoms with Gasteiger partial charge in [0.15, 0.2) is 11.4 Å². The highest BCUT2D eigenvalue weighted by Gasteiger charge is 2.68.